The highest BCUT2D eigenvalue weighted by molar-refractivity contribution is 8.02. The fraction of sp³-hybridized carbons (Fsp3) is 0.333. The maximum Gasteiger partial charge on any atom is 0.294 e. The molecule has 1 aromatic carbocycles. The van der Waals surface area contributed by atoms with Gasteiger partial charge < -0.3 is 0 Å². The summed E-state index contributed by atoms with van der Waals surface area (Å²) in [5, 5.41) is 2.37. The van der Waals surface area contributed by atoms with Crippen LogP contribution in [0.25, 0.3) is 0 Å². The van der Waals surface area contributed by atoms with Crippen LogP contribution >= 0.6 is 11.8 Å². The Labute approximate surface area is 134 Å². The van der Waals surface area contributed by atoms with Crippen molar-refractivity contribution in [3.05, 3.63) is 41.3 Å². The molecule has 118 valence electrons. The second-order valence-electron chi connectivity index (χ2n) is 5.06. The molecule has 7 heteroatoms. The Morgan fingerprint density at radius 3 is 2.73 bits per heavy atom. The smallest absolute Gasteiger partial charge is 0.294 e. The lowest BCUT2D eigenvalue weighted by molar-refractivity contribution is -0.118. The molecule has 2 atom stereocenters. The number of benzene rings is 1. The summed E-state index contributed by atoms with van der Waals surface area (Å²) in [6, 6.07) is 6.10. The van der Waals surface area contributed by atoms with E-state index in [1.807, 2.05) is 11.6 Å². The first-order valence-corrected chi connectivity index (χ1v) is 9.14. The van der Waals surface area contributed by atoms with Gasteiger partial charge in [-0.1, -0.05) is 12.1 Å². The van der Waals surface area contributed by atoms with Gasteiger partial charge in [0.25, 0.3) is 10.1 Å². The van der Waals surface area contributed by atoms with Crippen molar-refractivity contribution < 1.29 is 17.8 Å². The number of thioether (sulfide) groups is 1. The average molecular weight is 339 g/mol. The topological polar surface area (TPSA) is 83.8 Å². The van der Waals surface area contributed by atoms with Crippen LogP contribution < -0.4 is 0 Å². The molecule has 3 rings (SSSR count). The molecule has 2 aliphatic rings. The van der Waals surface area contributed by atoms with Crippen LogP contribution in [0.2, 0.25) is 0 Å². The molecule has 0 amide bonds. The predicted molar refractivity (Wildman–Crippen MR) is 88.0 cm³/mol. The summed E-state index contributed by atoms with van der Waals surface area (Å²) in [5.41, 5.74) is 0.806. The predicted octanol–water partition coefficient (Wildman–Crippen LogP) is 2.52. The van der Waals surface area contributed by atoms with Crippen LogP contribution in [0, 0.1) is 12.8 Å². The molecule has 0 saturated carbocycles. The summed E-state index contributed by atoms with van der Waals surface area (Å²) in [4.78, 5) is 15.3. The summed E-state index contributed by atoms with van der Waals surface area (Å²) < 4.78 is 29.7. The van der Waals surface area contributed by atoms with Gasteiger partial charge in [-0.3, -0.25) is 14.3 Å². The highest BCUT2D eigenvalue weighted by Gasteiger charge is 2.30. The standard InChI is InChI=1S/C8H9NOS.C7H8O3S/c10-7-2-4-11-8-1-3-9-5-6(7)8;1-6-3-2-4-7(5-6)11(8,9)10/h2-4,6,8H,1,5H2;2-5H,1H3,(H,8,9,10). The number of rotatable bonds is 1. The summed E-state index contributed by atoms with van der Waals surface area (Å²) in [5.74, 6) is 0.417. The Morgan fingerprint density at radius 1 is 1.36 bits per heavy atom. The van der Waals surface area contributed by atoms with Gasteiger partial charge in [0, 0.05) is 11.8 Å². The summed E-state index contributed by atoms with van der Waals surface area (Å²) in [6.45, 7) is 2.45. The first-order valence-electron chi connectivity index (χ1n) is 6.76. The number of carbonyl (C=O) groups excluding carboxylic acids is 1. The van der Waals surface area contributed by atoms with Crippen molar-refractivity contribution >= 4 is 33.9 Å². The van der Waals surface area contributed by atoms with Gasteiger partial charge in [-0.2, -0.15) is 8.42 Å². The number of aryl methyl sites for hydroxylation is 1. The van der Waals surface area contributed by atoms with E-state index in [1.165, 1.54) is 12.1 Å². The molecule has 0 radical (unpaired) electrons. The third kappa shape index (κ3) is 4.53. The van der Waals surface area contributed by atoms with Crippen LogP contribution in [-0.4, -0.2) is 36.8 Å². The molecular formula is C15H17NO4S2. The van der Waals surface area contributed by atoms with Gasteiger partial charge in [0.15, 0.2) is 5.78 Å². The van der Waals surface area contributed by atoms with Gasteiger partial charge in [0.1, 0.15) is 0 Å². The second-order valence-corrected chi connectivity index (χ2v) is 7.63. The van der Waals surface area contributed by atoms with E-state index in [2.05, 4.69) is 4.99 Å². The molecule has 1 aromatic rings. The van der Waals surface area contributed by atoms with Gasteiger partial charge in [-0.25, -0.2) is 0 Å². The summed E-state index contributed by atoms with van der Waals surface area (Å²) in [7, 11) is -4.03. The van der Waals surface area contributed by atoms with E-state index in [0.29, 0.717) is 11.8 Å². The fourth-order valence-corrected chi connectivity index (χ4v) is 3.79. The SMILES string of the molecule is Cc1cccc(S(=O)(=O)O)c1.O=C1C=CSC2CC=NCC12. The molecule has 0 aliphatic carbocycles. The Kier molecular flexibility index (Phi) is 5.55. The molecule has 2 heterocycles. The number of allylic oxidation sites excluding steroid dienone is 1. The summed E-state index contributed by atoms with van der Waals surface area (Å²) in [6.07, 6.45) is 4.55. The van der Waals surface area contributed by atoms with Crippen LogP contribution in [0.1, 0.15) is 12.0 Å². The highest BCUT2D eigenvalue weighted by atomic mass is 32.2. The maximum atomic E-state index is 11.3. The minimum Gasteiger partial charge on any atom is -0.297 e. The molecule has 2 aliphatic heterocycles. The van der Waals surface area contributed by atoms with Crippen molar-refractivity contribution in [3.8, 4) is 0 Å². The number of hydrogen-bond acceptors (Lipinski definition) is 5. The lowest BCUT2D eigenvalue weighted by Gasteiger charge is -2.26. The van der Waals surface area contributed by atoms with Crippen molar-refractivity contribution in [2.45, 2.75) is 23.5 Å². The van der Waals surface area contributed by atoms with Gasteiger partial charge in [-0.05, 0) is 48.7 Å². The monoisotopic (exact) mass is 339 g/mol. The van der Waals surface area contributed by atoms with Gasteiger partial charge in [0.2, 0.25) is 0 Å². The molecule has 22 heavy (non-hydrogen) atoms. The lowest BCUT2D eigenvalue weighted by Crippen LogP contribution is -2.32. The Balaban J connectivity index is 0.000000160. The minimum atomic E-state index is -4.03. The van der Waals surface area contributed by atoms with E-state index >= 15 is 0 Å². The van der Waals surface area contributed by atoms with Crippen molar-refractivity contribution in [2.75, 3.05) is 6.54 Å². The quantitative estimate of drug-likeness (QED) is 0.795. The van der Waals surface area contributed by atoms with Crippen LogP contribution in [0.3, 0.4) is 0 Å². The van der Waals surface area contributed by atoms with Gasteiger partial charge in [-0.15, -0.1) is 11.8 Å². The first-order chi connectivity index (χ1) is 10.4. The largest absolute Gasteiger partial charge is 0.297 e. The number of nitrogens with zero attached hydrogens (tertiary/aromatic N) is 1. The second kappa shape index (κ2) is 7.21. The zero-order valence-corrected chi connectivity index (χ0v) is 13.7. The third-order valence-electron chi connectivity index (χ3n) is 3.36. The number of hydrogen-bond donors (Lipinski definition) is 1. The van der Waals surface area contributed by atoms with Gasteiger partial charge in [0.05, 0.1) is 10.8 Å². The van der Waals surface area contributed by atoms with E-state index in [1.54, 1.807) is 36.9 Å². The Morgan fingerprint density at radius 2 is 2.14 bits per heavy atom. The normalized spacial score (nSPS) is 23.5. The van der Waals surface area contributed by atoms with Gasteiger partial charge >= 0.3 is 0 Å². The molecule has 1 N–H and O–H groups in total. The van der Waals surface area contributed by atoms with E-state index in [-0.39, 0.29) is 16.6 Å². The van der Waals surface area contributed by atoms with Crippen molar-refractivity contribution in [1.29, 1.82) is 0 Å². The minimum absolute atomic E-state index is 0.0579. The molecule has 0 bridgehead atoms. The number of carbonyl (C=O) groups is 1. The fourth-order valence-electron chi connectivity index (χ4n) is 2.18. The molecule has 0 spiro atoms. The molecule has 0 aromatic heterocycles. The molecule has 2 unspecified atom stereocenters. The van der Waals surface area contributed by atoms with Crippen molar-refractivity contribution in [3.63, 3.8) is 0 Å². The average Bonchev–Trinajstić information content (AvgIpc) is 2.48. The number of fused-ring (bicyclic) bond motifs is 1. The maximum absolute atomic E-state index is 11.3. The molecular weight excluding hydrogens is 322 g/mol. The lowest BCUT2D eigenvalue weighted by atomic mass is 9.96. The zero-order valence-electron chi connectivity index (χ0n) is 12.0. The third-order valence-corrected chi connectivity index (χ3v) is 5.37. The van der Waals surface area contributed by atoms with Crippen LogP contribution in [0.4, 0.5) is 0 Å². The van der Waals surface area contributed by atoms with E-state index in [9.17, 15) is 13.2 Å². The molecule has 5 nitrogen and oxygen atoms in total. The van der Waals surface area contributed by atoms with E-state index < -0.39 is 10.1 Å². The number of ketones is 1. The zero-order chi connectivity index (χ0) is 16.2. The molecule has 0 fully saturated rings. The van der Waals surface area contributed by atoms with Crippen LogP contribution in [0.5, 0.6) is 0 Å². The van der Waals surface area contributed by atoms with E-state index in [0.717, 1.165) is 12.0 Å². The first kappa shape index (κ1) is 16.9. The van der Waals surface area contributed by atoms with Crippen molar-refractivity contribution in [2.24, 2.45) is 10.9 Å². The Hall–Kier alpha value is -1.44. The number of aliphatic imine (C=N–C) groups is 1. The van der Waals surface area contributed by atoms with Crippen molar-refractivity contribution in [1.82, 2.24) is 0 Å². The summed E-state index contributed by atoms with van der Waals surface area (Å²) >= 11 is 1.76. The van der Waals surface area contributed by atoms with Crippen LogP contribution in [0.15, 0.2) is 45.6 Å². The Bertz CT molecular complexity index is 710. The highest BCUT2D eigenvalue weighted by Crippen LogP contribution is 2.30. The van der Waals surface area contributed by atoms with E-state index in [4.69, 9.17) is 4.55 Å². The van der Waals surface area contributed by atoms with Crippen LogP contribution in [-0.2, 0) is 14.9 Å². The molecule has 0 saturated heterocycles.